The van der Waals surface area contributed by atoms with Gasteiger partial charge in [-0.3, -0.25) is 4.90 Å². The first-order valence-corrected chi connectivity index (χ1v) is 6.66. The smallest absolute Gasteiger partial charge is 0.118 e. The lowest BCUT2D eigenvalue weighted by Gasteiger charge is -2.28. The summed E-state index contributed by atoms with van der Waals surface area (Å²) in [6.45, 7) is 1.86. The van der Waals surface area contributed by atoms with Crippen LogP contribution in [0.1, 0.15) is 37.3 Å². The minimum absolute atomic E-state index is 0.467. The van der Waals surface area contributed by atoms with Crippen molar-refractivity contribution in [2.75, 3.05) is 20.2 Å². The minimum atomic E-state index is 0.467. The zero-order chi connectivity index (χ0) is 12.8. The maximum atomic E-state index is 5.48. The van der Waals surface area contributed by atoms with Gasteiger partial charge in [0.15, 0.2) is 0 Å². The van der Waals surface area contributed by atoms with E-state index in [1.807, 2.05) is 12.1 Å². The van der Waals surface area contributed by atoms with Gasteiger partial charge in [-0.1, -0.05) is 30.9 Å². The molecule has 1 saturated heterocycles. The molecule has 0 aromatic heterocycles. The van der Waals surface area contributed by atoms with Gasteiger partial charge in [0.25, 0.3) is 0 Å². The molecule has 2 heteroatoms. The fourth-order valence-electron chi connectivity index (χ4n) is 2.68. The van der Waals surface area contributed by atoms with Gasteiger partial charge >= 0.3 is 0 Å². The summed E-state index contributed by atoms with van der Waals surface area (Å²) < 4.78 is 5.21. The first kappa shape index (κ1) is 13.0. The lowest BCUT2D eigenvalue weighted by Crippen LogP contribution is -2.28. The summed E-state index contributed by atoms with van der Waals surface area (Å²) in [5.41, 5.74) is 1.35. The number of nitrogens with zero attached hydrogens (tertiary/aromatic N) is 1. The van der Waals surface area contributed by atoms with Gasteiger partial charge in [-0.05, 0) is 37.1 Å². The molecule has 1 fully saturated rings. The van der Waals surface area contributed by atoms with Crippen molar-refractivity contribution >= 4 is 0 Å². The van der Waals surface area contributed by atoms with Crippen molar-refractivity contribution in [2.45, 2.75) is 31.7 Å². The maximum absolute atomic E-state index is 5.48. The van der Waals surface area contributed by atoms with Crippen molar-refractivity contribution in [2.24, 2.45) is 0 Å². The Bertz CT molecular complexity index is 404. The van der Waals surface area contributed by atoms with Crippen LogP contribution in [0, 0.1) is 12.3 Å². The van der Waals surface area contributed by atoms with E-state index in [2.05, 4.69) is 23.0 Å². The Morgan fingerprint density at radius 2 is 2.06 bits per heavy atom. The first-order chi connectivity index (χ1) is 8.85. The molecule has 2 nitrogen and oxygen atoms in total. The number of rotatable bonds is 3. The highest BCUT2D eigenvalue weighted by Crippen LogP contribution is 2.30. The average molecular weight is 243 g/mol. The summed E-state index contributed by atoms with van der Waals surface area (Å²) in [6.07, 6.45) is 10.5. The summed E-state index contributed by atoms with van der Waals surface area (Å²) >= 11 is 0. The van der Waals surface area contributed by atoms with E-state index in [0.29, 0.717) is 6.04 Å². The SMILES string of the molecule is C#CCN1CCCCCC1c1ccc(OC)cc1. The Labute approximate surface area is 110 Å². The number of terminal acetylenes is 1. The second kappa shape index (κ2) is 6.47. The molecular formula is C16H21NO. The number of likely N-dealkylation sites (tertiary alicyclic amines) is 1. The minimum Gasteiger partial charge on any atom is -0.497 e. The Kier molecular flexibility index (Phi) is 4.66. The van der Waals surface area contributed by atoms with Crippen LogP contribution in [0.3, 0.4) is 0 Å². The van der Waals surface area contributed by atoms with Gasteiger partial charge in [0.1, 0.15) is 5.75 Å². The molecule has 1 unspecified atom stereocenters. The van der Waals surface area contributed by atoms with E-state index in [9.17, 15) is 0 Å². The zero-order valence-corrected chi connectivity index (χ0v) is 11.1. The second-order valence-corrected chi connectivity index (χ2v) is 4.81. The Hall–Kier alpha value is -1.46. The van der Waals surface area contributed by atoms with Gasteiger partial charge in [0.2, 0.25) is 0 Å². The highest BCUT2D eigenvalue weighted by Gasteiger charge is 2.21. The van der Waals surface area contributed by atoms with Gasteiger partial charge in [0, 0.05) is 6.04 Å². The monoisotopic (exact) mass is 243 g/mol. The van der Waals surface area contributed by atoms with Crippen LogP contribution in [0.15, 0.2) is 24.3 Å². The largest absolute Gasteiger partial charge is 0.497 e. The molecule has 1 heterocycles. The van der Waals surface area contributed by atoms with E-state index < -0.39 is 0 Å². The summed E-state index contributed by atoms with van der Waals surface area (Å²) in [4.78, 5) is 2.43. The van der Waals surface area contributed by atoms with E-state index in [-0.39, 0.29) is 0 Å². The standard InChI is InChI=1S/C16H21NO/c1-3-12-17-13-6-4-5-7-16(17)14-8-10-15(18-2)11-9-14/h1,8-11,16H,4-7,12-13H2,2H3. The van der Waals surface area contributed by atoms with Crippen LogP contribution >= 0.6 is 0 Å². The molecule has 1 aliphatic heterocycles. The normalized spacial score (nSPS) is 21.0. The third-order valence-corrected chi connectivity index (χ3v) is 3.66. The molecule has 0 N–H and O–H groups in total. The zero-order valence-electron chi connectivity index (χ0n) is 11.1. The van der Waals surface area contributed by atoms with E-state index in [1.54, 1.807) is 7.11 Å². The van der Waals surface area contributed by atoms with Crippen LogP contribution in [0.4, 0.5) is 0 Å². The summed E-state index contributed by atoms with van der Waals surface area (Å²) in [7, 11) is 1.70. The lowest BCUT2D eigenvalue weighted by molar-refractivity contribution is 0.227. The summed E-state index contributed by atoms with van der Waals surface area (Å²) in [5.74, 6) is 3.70. The fraction of sp³-hybridized carbons (Fsp3) is 0.500. The van der Waals surface area contributed by atoms with Crippen molar-refractivity contribution < 1.29 is 4.74 Å². The molecule has 96 valence electrons. The Morgan fingerprint density at radius 1 is 1.28 bits per heavy atom. The van der Waals surface area contributed by atoms with Gasteiger partial charge in [-0.15, -0.1) is 6.42 Å². The van der Waals surface area contributed by atoms with Gasteiger partial charge in [-0.2, -0.15) is 0 Å². The van der Waals surface area contributed by atoms with Crippen molar-refractivity contribution in [1.29, 1.82) is 0 Å². The van der Waals surface area contributed by atoms with Crippen LogP contribution in [-0.2, 0) is 0 Å². The third-order valence-electron chi connectivity index (χ3n) is 3.66. The van der Waals surface area contributed by atoms with Gasteiger partial charge < -0.3 is 4.74 Å². The highest BCUT2D eigenvalue weighted by atomic mass is 16.5. The molecule has 2 rings (SSSR count). The molecule has 1 aromatic rings. The molecule has 0 amide bonds. The summed E-state index contributed by atoms with van der Waals surface area (Å²) in [5, 5.41) is 0. The Morgan fingerprint density at radius 3 is 2.72 bits per heavy atom. The van der Waals surface area contributed by atoms with E-state index in [1.165, 1.54) is 31.2 Å². The fourth-order valence-corrected chi connectivity index (χ4v) is 2.68. The summed E-state index contributed by atoms with van der Waals surface area (Å²) in [6, 6.07) is 8.87. The topological polar surface area (TPSA) is 12.5 Å². The van der Waals surface area contributed by atoms with Crippen LogP contribution in [0.2, 0.25) is 0 Å². The molecule has 0 spiro atoms. The van der Waals surface area contributed by atoms with E-state index in [4.69, 9.17) is 11.2 Å². The molecule has 1 aliphatic rings. The molecule has 0 aliphatic carbocycles. The van der Waals surface area contributed by atoms with Crippen molar-refractivity contribution in [1.82, 2.24) is 4.90 Å². The molecular weight excluding hydrogens is 222 g/mol. The number of ether oxygens (including phenoxy) is 1. The number of benzene rings is 1. The number of methoxy groups -OCH3 is 1. The van der Waals surface area contributed by atoms with Crippen LogP contribution in [-0.4, -0.2) is 25.1 Å². The molecule has 0 saturated carbocycles. The van der Waals surface area contributed by atoms with Crippen LogP contribution in [0.5, 0.6) is 5.75 Å². The van der Waals surface area contributed by atoms with Crippen molar-refractivity contribution in [3.8, 4) is 18.1 Å². The van der Waals surface area contributed by atoms with Gasteiger partial charge in [0.05, 0.1) is 13.7 Å². The predicted molar refractivity (Wildman–Crippen MR) is 74.6 cm³/mol. The third kappa shape index (κ3) is 3.05. The van der Waals surface area contributed by atoms with Crippen molar-refractivity contribution in [3.05, 3.63) is 29.8 Å². The average Bonchev–Trinajstić information content (AvgIpc) is 2.65. The second-order valence-electron chi connectivity index (χ2n) is 4.81. The van der Waals surface area contributed by atoms with Crippen LogP contribution in [0.25, 0.3) is 0 Å². The number of hydrogen-bond donors (Lipinski definition) is 0. The first-order valence-electron chi connectivity index (χ1n) is 6.66. The molecule has 18 heavy (non-hydrogen) atoms. The molecule has 0 bridgehead atoms. The molecule has 0 radical (unpaired) electrons. The molecule has 1 atom stereocenters. The predicted octanol–water partition coefficient (Wildman–Crippen LogP) is 3.25. The maximum Gasteiger partial charge on any atom is 0.118 e. The lowest BCUT2D eigenvalue weighted by atomic mass is 10.0. The van der Waals surface area contributed by atoms with Gasteiger partial charge in [-0.25, -0.2) is 0 Å². The highest BCUT2D eigenvalue weighted by molar-refractivity contribution is 5.29. The van der Waals surface area contributed by atoms with E-state index >= 15 is 0 Å². The number of hydrogen-bond acceptors (Lipinski definition) is 2. The van der Waals surface area contributed by atoms with E-state index in [0.717, 1.165) is 18.8 Å². The van der Waals surface area contributed by atoms with Crippen molar-refractivity contribution in [3.63, 3.8) is 0 Å². The quantitative estimate of drug-likeness (QED) is 0.756. The molecule has 1 aromatic carbocycles. The Balaban J connectivity index is 2.17. The van der Waals surface area contributed by atoms with Crippen LogP contribution < -0.4 is 4.74 Å².